The number of benzene rings is 1. The van der Waals surface area contributed by atoms with Crippen molar-refractivity contribution in [2.45, 2.75) is 19.4 Å². The van der Waals surface area contributed by atoms with Crippen molar-refractivity contribution in [1.29, 1.82) is 0 Å². The summed E-state index contributed by atoms with van der Waals surface area (Å²) in [6, 6.07) is 10.5. The number of aromatic nitrogens is 1. The molecule has 0 bridgehead atoms. The van der Waals surface area contributed by atoms with Gasteiger partial charge in [0.1, 0.15) is 5.82 Å². The SMILES string of the molecule is C[C@@H](NC(=O)Nc1ccccn1)c1ccc2c(c1)CC(=O)N2. The van der Waals surface area contributed by atoms with Gasteiger partial charge in [-0.3, -0.25) is 10.1 Å². The number of carbonyl (C=O) groups is 2. The van der Waals surface area contributed by atoms with Crippen molar-refractivity contribution in [3.63, 3.8) is 0 Å². The molecule has 0 radical (unpaired) electrons. The number of carbonyl (C=O) groups excluding carboxylic acids is 2. The summed E-state index contributed by atoms with van der Waals surface area (Å²) in [4.78, 5) is 27.4. The van der Waals surface area contributed by atoms with Gasteiger partial charge in [0, 0.05) is 11.9 Å². The van der Waals surface area contributed by atoms with Gasteiger partial charge in [-0.25, -0.2) is 9.78 Å². The van der Waals surface area contributed by atoms with E-state index in [1.54, 1.807) is 24.4 Å². The smallest absolute Gasteiger partial charge is 0.320 e. The number of anilines is 2. The summed E-state index contributed by atoms with van der Waals surface area (Å²) in [5, 5.41) is 8.32. The van der Waals surface area contributed by atoms with Crippen molar-refractivity contribution in [2.24, 2.45) is 0 Å². The van der Waals surface area contributed by atoms with Gasteiger partial charge in [0.15, 0.2) is 0 Å². The van der Waals surface area contributed by atoms with E-state index < -0.39 is 0 Å². The Bertz CT molecular complexity index is 715. The van der Waals surface area contributed by atoms with E-state index in [0.29, 0.717) is 12.2 Å². The van der Waals surface area contributed by atoms with Crippen LogP contribution in [0.5, 0.6) is 0 Å². The molecule has 22 heavy (non-hydrogen) atoms. The molecule has 1 aromatic carbocycles. The van der Waals surface area contributed by atoms with E-state index in [1.165, 1.54) is 0 Å². The maximum Gasteiger partial charge on any atom is 0.320 e. The Morgan fingerprint density at radius 3 is 2.95 bits per heavy atom. The van der Waals surface area contributed by atoms with Gasteiger partial charge >= 0.3 is 6.03 Å². The van der Waals surface area contributed by atoms with Gasteiger partial charge in [-0.1, -0.05) is 18.2 Å². The van der Waals surface area contributed by atoms with Gasteiger partial charge in [-0.15, -0.1) is 0 Å². The number of nitrogens with zero attached hydrogens (tertiary/aromatic N) is 1. The van der Waals surface area contributed by atoms with Crippen LogP contribution in [-0.2, 0) is 11.2 Å². The normalized spacial score (nSPS) is 14.0. The second kappa shape index (κ2) is 5.85. The lowest BCUT2D eigenvalue weighted by Gasteiger charge is -2.15. The van der Waals surface area contributed by atoms with Crippen molar-refractivity contribution in [3.8, 4) is 0 Å². The molecule has 1 aliphatic rings. The van der Waals surface area contributed by atoms with Gasteiger partial charge in [0.25, 0.3) is 0 Å². The highest BCUT2D eigenvalue weighted by atomic mass is 16.2. The minimum Gasteiger partial charge on any atom is -0.331 e. The summed E-state index contributed by atoms with van der Waals surface area (Å²) in [6.45, 7) is 1.89. The van der Waals surface area contributed by atoms with Crippen LogP contribution in [0.1, 0.15) is 24.1 Å². The van der Waals surface area contributed by atoms with Gasteiger partial charge in [-0.05, 0) is 36.2 Å². The minimum atomic E-state index is -0.319. The standard InChI is InChI=1S/C16H16N4O2/c1-10(18-16(22)20-14-4-2-3-7-17-14)11-5-6-13-12(8-11)9-15(21)19-13/h2-8,10H,9H2,1H3,(H,19,21)(H2,17,18,20,22)/t10-/m1/s1. The van der Waals surface area contributed by atoms with Gasteiger partial charge in [-0.2, -0.15) is 0 Å². The Kier molecular flexibility index (Phi) is 3.74. The van der Waals surface area contributed by atoms with E-state index in [0.717, 1.165) is 16.8 Å². The molecule has 3 rings (SSSR count). The van der Waals surface area contributed by atoms with Gasteiger partial charge in [0.05, 0.1) is 12.5 Å². The molecule has 0 spiro atoms. The summed E-state index contributed by atoms with van der Waals surface area (Å²) in [6.07, 6.45) is 2.00. The zero-order valence-electron chi connectivity index (χ0n) is 12.1. The highest BCUT2D eigenvalue weighted by Gasteiger charge is 2.19. The molecular weight excluding hydrogens is 280 g/mol. The number of nitrogens with one attached hydrogen (secondary N) is 3. The number of pyridine rings is 1. The fraction of sp³-hybridized carbons (Fsp3) is 0.188. The van der Waals surface area contributed by atoms with Crippen molar-refractivity contribution >= 4 is 23.4 Å². The molecule has 0 fully saturated rings. The first-order valence-corrected chi connectivity index (χ1v) is 7.03. The molecule has 1 aromatic heterocycles. The number of urea groups is 1. The third-order valence-corrected chi connectivity index (χ3v) is 3.51. The zero-order valence-corrected chi connectivity index (χ0v) is 12.1. The Hall–Kier alpha value is -2.89. The largest absolute Gasteiger partial charge is 0.331 e. The Morgan fingerprint density at radius 1 is 1.32 bits per heavy atom. The molecule has 0 saturated heterocycles. The summed E-state index contributed by atoms with van der Waals surface area (Å²) in [5.74, 6) is 0.497. The second-order valence-electron chi connectivity index (χ2n) is 5.18. The van der Waals surface area contributed by atoms with E-state index in [1.807, 2.05) is 25.1 Å². The molecule has 6 nitrogen and oxygen atoms in total. The molecule has 0 saturated carbocycles. The average Bonchev–Trinajstić information content (AvgIpc) is 2.87. The van der Waals surface area contributed by atoms with Crippen LogP contribution in [0.4, 0.5) is 16.3 Å². The van der Waals surface area contributed by atoms with E-state index in [-0.39, 0.29) is 18.0 Å². The molecule has 2 aromatic rings. The lowest BCUT2D eigenvalue weighted by molar-refractivity contribution is -0.115. The molecular formula is C16H16N4O2. The highest BCUT2D eigenvalue weighted by molar-refractivity contribution is 5.99. The quantitative estimate of drug-likeness (QED) is 0.813. The molecule has 1 atom stereocenters. The molecule has 3 N–H and O–H groups in total. The number of rotatable bonds is 3. The lowest BCUT2D eigenvalue weighted by atomic mass is 10.0. The van der Waals surface area contributed by atoms with Crippen LogP contribution in [-0.4, -0.2) is 16.9 Å². The Morgan fingerprint density at radius 2 is 2.18 bits per heavy atom. The van der Waals surface area contributed by atoms with Gasteiger partial charge < -0.3 is 10.6 Å². The third-order valence-electron chi connectivity index (χ3n) is 3.51. The third kappa shape index (κ3) is 3.06. The van der Waals surface area contributed by atoms with E-state index in [4.69, 9.17) is 0 Å². The Labute approximate surface area is 127 Å². The van der Waals surface area contributed by atoms with Crippen molar-refractivity contribution in [2.75, 3.05) is 10.6 Å². The van der Waals surface area contributed by atoms with Crippen LogP contribution < -0.4 is 16.0 Å². The number of hydrogen-bond acceptors (Lipinski definition) is 3. The van der Waals surface area contributed by atoms with Crippen LogP contribution >= 0.6 is 0 Å². The number of fused-ring (bicyclic) bond motifs is 1. The molecule has 0 unspecified atom stereocenters. The van der Waals surface area contributed by atoms with Crippen molar-refractivity contribution < 1.29 is 9.59 Å². The maximum atomic E-state index is 12.0. The number of amides is 3. The van der Waals surface area contributed by atoms with Crippen molar-refractivity contribution in [3.05, 3.63) is 53.7 Å². The van der Waals surface area contributed by atoms with Crippen LogP contribution in [0.3, 0.4) is 0 Å². The molecule has 2 heterocycles. The first-order valence-electron chi connectivity index (χ1n) is 7.03. The molecule has 0 aliphatic carbocycles. The highest BCUT2D eigenvalue weighted by Crippen LogP contribution is 2.26. The second-order valence-corrected chi connectivity index (χ2v) is 5.18. The van der Waals surface area contributed by atoms with E-state index >= 15 is 0 Å². The minimum absolute atomic E-state index is 0.000609. The van der Waals surface area contributed by atoms with Crippen LogP contribution in [0.25, 0.3) is 0 Å². The van der Waals surface area contributed by atoms with Crippen LogP contribution in [0.15, 0.2) is 42.6 Å². The monoisotopic (exact) mass is 296 g/mol. The van der Waals surface area contributed by atoms with Crippen molar-refractivity contribution in [1.82, 2.24) is 10.3 Å². The fourth-order valence-electron chi connectivity index (χ4n) is 2.39. The molecule has 3 amide bonds. The van der Waals surface area contributed by atoms with E-state index in [2.05, 4.69) is 20.9 Å². The molecule has 1 aliphatic heterocycles. The molecule has 6 heteroatoms. The Balaban J connectivity index is 1.65. The summed E-state index contributed by atoms with van der Waals surface area (Å²) >= 11 is 0. The van der Waals surface area contributed by atoms with Gasteiger partial charge in [0.2, 0.25) is 5.91 Å². The maximum absolute atomic E-state index is 12.0. The van der Waals surface area contributed by atoms with E-state index in [9.17, 15) is 9.59 Å². The lowest BCUT2D eigenvalue weighted by Crippen LogP contribution is -2.31. The predicted octanol–water partition coefficient (Wildman–Crippen LogP) is 2.46. The van der Waals surface area contributed by atoms with Crippen LogP contribution in [0.2, 0.25) is 0 Å². The summed E-state index contributed by atoms with van der Waals surface area (Å²) in [7, 11) is 0. The molecule has 112 valence electrons. The predicted molar refractivity (Wildman–Crippen MR) is 83.6 cm³/mol. The first kappa shape index (κ1) is 14.1. The summed E-state index contributed by atoms with van der Waals surface area (Å²) < 4.78 is 0. The number of hydrogen-bond donors (Lipinski definition) is 3. The zero-order chi connectivity index (χ0) is 15.5. The van der Waals surface area contributed by atoms with Crippen LogP contribution in [0, 0.1) is 0 Å². The topological polar surface area (TPSA) is 83.1 Å². The summed E-state index contributed by atoms with van der Waals surface area (Å²) in [5.41, 5.74) is 2.76. The fourth-order valence-corrected chi connectivity index (χ4v) is 2.39. The average molecular weight is 296 g/mol. The first-order chi connectivity index (χ1) is 10.6.